The summed E-state index contributed by atoms with van der Waals surface area (Å²) in [6, 6.07) is 6.29. The van der Waals surface area contributed by atoms with Gasteiger partial charge in [0.25, 0.3) is 0 Å². The number of carbonyl (C=O) groups is 3. The molecule has 3 rings (SSSR count). The highest BCUT2D eigenvalue weighted by Gasteiger charge is 2.46. The lowest BCUT2D eigenvalue weighted by Crippen LogP contribution is -2.46. The van der Waals surface area contributed by atoms with Crippen molar-refractivity contribution in [1.29, 1.82) is 0 Å². The molecule has 2 aliphatic rings. The summed E-state index contributed by atoms with van der Waals surface area (Å²) >= 11 is 0. The molecule has 0 spiro atoms. The average molecular weight is 300 g/mol. The number of fused-ring (bicyclic) bond motifs is 1. The lowest BCUT2D eigenvalue weighted by atomic mass is 10.1. The van der Waals surface area contributed by atoms with E-state index in [-0.39, 0.29) is 18.2 Å². The van der Waals surface area contributed by atoms with Crippen LogP contribution in [-0.2, 0) is 14.3 Å². The van der Waals surface area contributed by atoms with E-state index in [2.05, 4.69) is 11.9 Å². The van der Waals surface area contributed by atoms with Crippen LogP contribution in [0.3, 0.4) is 0 Å². The Morgan fingerprint density at radius 1 is 1.41 bits per heavy atom. The Labute approximate surface area is 127 Å². The summed E-state index contributed by atoms with van der Waals surface area (Å²) in [5, 5.41) is 2.69. The van der Waals surface area contributed by atoms with Gasteiger partial charge >= 0.3 is 5.97 Å². The summed E-state index contributed by atoms with van der Waals surface area (Å²) in [6.45, 7) is 3.88. The molecule has 0 aliphatic carbocycles. The van der Waals surface area contributed by atoms with Crippen molar-refractivity contribution in [3.63, 3.8) is 0 Å². The van der Waals surface area contributed by atoms with Crippen LogP contribution < -0.4 is 5.32 Å². The van der Waals surface area contributed by atoms with E-state index in [1.807, 2.05) is 0 Å². The summed E-state index contributed by atoms with van der Waals surface area (Å²) in [4.78, 5) is 37.7. The van der Waals surface area contributed by atoms with Gasteiger partial charge in [0.1, 0.15) is 6.04 Å². The molecular formula is C16H16N2O4. The summed E-state index contributed by atoms with van der Waals surface area (Å²) in [6.07, 6.45) is 1.43. The molecule has 2 heterocycles. The fourth-order valence-electron chi connectivity index (χ4n) is 2.88. The molecule has 6 nitrogen and oxygen atoms in total. The second kappa shape index (κ2) is 5.63. The van der Waals surface area contributed by atoms with E-state index in [1.165, 1.54) is 4.90 Å². The molecule has 2 amide bonds. The first-order valence-corrected chi connectivity index (χ1v) is 7.13. The molecule has 1 aromatic carbocycles. The summed E-state index contributed by atoms with van der Waals surface area (Å²) in [7, 11) is 0. The smallest absolute Gasteiger partial charge is 0.340 e. The number of hydrogen-bond donors (Lipinski definition) is 1. The van der Waals surface area contributed by atoms with Crippen LogP contribution in [0.2, 0.25) is 0 Å². The first-order chi connectivity index (χ1) is 10.6. The van der Waals surface area contributed by atoms with Crippen LogP contribution in [0, 0.1) is 0 Å². The maximum atomic E-state index is 12.2. The Morgan fingerprint density at radius 3 is 2.95 bits per heavy atom. The SMILES string of the molecule is C=CCNC(=O)[C@H]1CCC(=O)N1[C@H]1OC(=O)c2ccccc21. The summed E-state index contributed by atoms with van der Waals surface area (Å²) in [5.74, 6) is -0.912. The van der Waals surface area contributed by atoms with E-state index in [0.717, 1.165) is 0 Å². The molecule has 0 radical (unpaired) electrons. The number of benzene rings is 1. The predicted octanol–water partition coefficient (Wildman–Crippen LogP) is 1.15. The molecule has 1 aromatic rings. The van der Waals surface area contributed by atoms with Gasteiger partial charge in [0.2, 0.25) is 18.0 Å². The molecule has 6 heteroatoms. The summed E-state index contributed by atoms with van der Waals surface area (Å²) in [5.41, 5.74) is 1.07. The minimum Gasteiger partial charge on any atom is -0.433 e. The van der Waals surface area contributed by atoms with Gasteiger partial charge in [-0.3, -0.25) is 14.5 Å². The lowest BCUT2D eigenvalue weighted by molar-refractivity contribution is -0.145. The minimum absolute atomic E-state index is 0.187. The van der Waals surface area contributed by atoms with Gasteiger partial charge in [0.15, 0.2) is 0 Å². The van der Waals surface area contributed by atoms with Gasteiger partial charge in [-0.15, -0.1) is 6.58 Å². The number of hydrogen-bond acceptors (Lipinski definition) is 4. The standard InChI is InChI=1S/C16H16N2O4/c1-2-9-17-14(20)12-7-8-13(19)18(12)15-10-5-3-4-6-11(10)16(21)22-15/h2-6,12,15H,1,7-9H2,(H,17,20)/t12-,15+/m1/s1. The third-order valence-corrected chi connectivity index (χ3v) is 3.90. The van der Waals surface area contributed by atoms with E-state index in [9.17, 15) is 14.4 Å². The zero-order valence-corrected chi connectivity index (χ0v) is 12.0. The Morgan fingerprint density at radius 2 is 2.18 bits per heavy atom. The highest BCUT2D eigenvalue weighted by Crippen LogP contribution is 2.38. The fraction of sp³-hybridized carbons (Fsp3) is 0.312. The van der Waals surface area contributed by atoms with Gasteiger partial charge in [0.05, 0.1) is 5.56 Å². The van der Waals surface area contributed by atoms with Crippen molar-refractivity contribution >= 4 is 17.8 Å². The molecule has 2 atom stereocenters. The van der Waals surface area contributed by atoms with Crippen molar-refractivity contribution in [2.24, 2.45) is 0 Å². The minimum atomic E-state index is -0.821. The maximum Gasteiger partial charge on any atom is 0.340 e. The van der Waals surface area contributed by atoms with Crippen LogP contribution in [0.1, 0.15) is 35.0 Å². The van der Waals surface area contributed by atoms with E-state index in [4.69, 9.17) is 4.74 Å². The average Bonchev–Trinajstić information content (AvgIpc) is 3.06. The van der Waals surface area contributed by atoms with Crippen molar-refractivity contribution in [3.05, 3.63) is 48.0 Å². The van der Waals surface area contributed by atoms with Gasteiger partial charge in [-0.1, -0.05) is 24.3 Å². The molecule has 0 unspecified atom stereocenters. The molecule has 114 valence electrons. The molecule has 2 aliphatic heterocycles. The predicted molar refractivity (Wildman–Crippen MR) is 77.7 cm³/mol. The number of nitrogens with zero attached hydrogens (tertiary/aromatic N) is 1. The number of cyclic esters (lactones) is 1. The number of rotatable bonds is 4. The van der Waals surface area contributed by atoms with Crippen molar-refractivity contribution in [1.82, 2.24) is 10.2 Å². The molecule has 22 heavy (non-hydrogen) atoms. The van der Waals surface area contributed by atoms with Crippen molar-refractivity contribution in [3.8, 4) is 0 Å². The van der Waals surface area contributed by atoms with Crippen LogP contribution >= 0.6 is 0 Å². The molecule has 0 saturated carbocycles. The molecule has 1 saturated heterocycles. The van der Waals surface area contributed by atoms with E-state index in [0.29, 0.717) is 24.1 Å². The Balaban J connectivity index is 1.89. The normalized spacial score (nSPS) is 23.2. The topological polar surface area (TPSA) is 75.7 Å². The monoisotopic (exact) mass is 300 g/mol. The maximum absolute atomic E-state index is 12.2. The van der Waals surface area contributed by atoms with E-state index in [1.54, 1.807) is 30.3 Å². The number of amides is 2. The van der Waals surface area contributed by atoms with Crippen LogP contribution in [0.5, 0.6) is 0 Å². The highest BCUT2D eigenvalue weighted by atomic mass is 16.6. The third-order valence-electron chi connectivity index (χ3n) is 3.90. The van der Waals surface area contributed by atoms with Crippen LogP contribution in [-0.4, -0.2) is 35.3 Å². The number of ether oxygens (including phenoxy) is 1. The van der Waals surface area contributed by atoms with E-state index >= 15 is 0 Å². The number of carbonyl (C=O) groups excluding carboxylic acids is 3. The number of nitrogens with one attached hydrogen (secondary N) is 1. The Hall–Kier alpha value is -2.63. The largest absolute Gasteiger partial charge is 0.433 e. The number of esters is 1. The first kappa shape index (κ1) is 14.3. The van der Waals surface area contributed by atoms with Gasteiger partial charge < -0.3 is 10.1 Å². The summed E-state index contributed by atoms with van der Waals surface area (Å²) < 4.78 is 5.34. The zero-order valence-electron chi connectivity index (χ0n) is 12.0. The van der Waals surface area contributed by atoms with Gasteiger partial charge in [-0.25, -0.2) is 4.79 Å². The van der Waals surface area contributed by atoms with E-state index < -0.39 is 18.2 Å². The second-order valence-corrected chi connectivity index (χ2v) is 5.23. The molecule has 0 bridgehead atoms. The zero-order chi connectivity index (χ0) is 15.7. The quantitative estimate of drug-likeness (QED) is 0.668. The van der Waals surface area contributed by atoms with Crippen molar-refractivity contribution in [2.75, 3.05) is 6.54 Å². The Kier molecular flexibility index (Phi) is 3.66. The fourth-order valence-corrected chi connectivity index (χ4v) is 2.88. The van der Waals surface area contributed by atoms with Gasteiger partial charge in [-0.05, 0) is 12.5 Å². The van der Waals surface area contributed by atoms with Crippen LogP contribution in [0.15, 0.2) is 36.9 Å². The third kappa shape index (κ3) is 2.26. The molecular weight excluding hydrogens is 284 g/mol. The van der Waals surface area contributed by atoms with Gasteiger partial charge in [0, 0.05) is 18.5 Å². The molecule has 1 N–H and O–H groups in total. The van der Waals surface area contributed by atoms with Crippen LogP contribution in [0.4, 0.5) is 0 Å². The van der Waals surface area contributed by atoms with Crippen molar-refractivity contribution in [2.45, 2.75) is 25.1 Å². The second-order valence-electron chi connectivity index (χ2n) is 5.23. The molecule has 0 aromatic heterocycles. The highest BCUT2D eigenvalue weighted by molar-refractivity contribution is 5.96. The lowest BCUT2D eigenvalue weighted by Gasteiger charge is -2.29. The van der Waals surface area contributed by atoms with Crippen LogP contribution in [0.25, 0.3) is 0 Å². The van der Waals surface area contributed by atoms with Gasteiger partial charge in [-0.2, -0.15) is 0 Å². The Bertz CT molecular complexity index is 655. The van der Waals surface area contributed by atoms with Crippen molar-refractivity contribution < 1.29 is 19.1 Å². The molecule has 1 fully saturated rings. The number of likely N-dealkylation sites (tertiary alicyclic amines) is 1. The first-order valence-electron chi connectivity index (χ1n) is 7.13.